The number of carbonyl (C=O) groups excluding carboxylic acids is 2. The van der Waals surface area contributed by atoms with Crippen molar-refractivity contribution < 1.29 is 42.8 Å². The van der Waals surface area contributed by atoms with Gasteiger partial charge >= 0.3 is 19.2 Å². The molecule has 0 saturated carbocycles. The predicted molar refractivity (Wildman–Crippen MR) is 119 cm³/mol. The van der Waals surface area contributed by atoms with Crippen LogP contribution in [0.1, 0.15) is 26.3 Å². The molecule has 0 saturated heterocycles. The maximum atomic E-state index is 14.6. The predicted octanol–water partition coefficient (Wildman–Crippen LogP) is 1.45. The Hall–Kier alpha value is -1.21. The number of halogens is 2. The molecule has 2 atom stereocenters. The topological polar surface area (TPSA) is 124 Å². The molecule has 0 aliphatic rings. The average molecular weight is 559 g/mol. The molecule has 0 spiro atoms. The number of methoxy groups -OCH3 is 1. The van der Waals surface area contributed by atoms with Crippen LogP contribution in [0.25, 0.3) is 0 Å². The van der Waals surface area contributed by atoms with Gasteiger partial charge in [0.25, 0.3) is 0 Å². The Morgan fingerprint density at radius 2 is 1.97 bits per heavy atom. The van der Waals surface area contributed by atoms with Crippen molar-refractivity contribution in [2.45, 2.75) is 38.8 Å². The van der Waals surface area contributed by atoms with Crippen molar-refractivity contribution in [1.29, 1.82) is 0 Å². The molecule has 1 rings (SSSR count). The zero-order valence-corrected chi connectivity index (χ0v) is 20.2. The number of nitrogens with one attached hydrogen (secondary N) is 1. The lowest BCUT2D eigenvalue weighted by atomic mass is 9.78. The molecule has 1 aromatic rings. The van der Waals surface area contributed by atoms with Gasteiger partial charge in [-0.05, 0) is 54.4 Å². The second kappa shape index (κ2) is 12.6. The van der Waals surface area contributed by atoms with Gasteiger partial charge < -0.3 is 34.1 Å². The zero-order chi connectivity index (χ0) is 22.9. The first-order chi connectivity index (χ1) is 14.0. The molecule has 0 radical (unpaired) electrons. The summed E-state index contributed by atoms with van der Waals surface area (Å²) in [4.78, 5) is 24.1. The Morgan fingerprint density at radius 1 is 1.30 bits per heavy atom. The highest BCUT2D eigenvalue weighted by atomic mass is 127. The summed E-state index contributed by atoms with van der Waals surface area (Å²) in [5.74, 6) is -1.96. The van der Waals surface area contributed by atoms with Crippen LogP contribution in [0, 0.1) is 5.82 Å². The quantitative estimate of drug-likeness (QED) is 0.130. The van der Waals surface area contributed by atoms with E-state index in [1.807, 2.05) is 22.0 Å². The highest BCUT2D eigenvalue weighted by Crippen LogP contribution is 2.22. The first-order valence-corrected chi connectivity index (χ1v) is 12.9. The molecule has 9 nitrogen and oxygen atoms in total. The first-order valence-electron chi connectivity index (χ1n) is 8.84. The van der Waals surface area contributed by atoms with Gasteiger partial charge in [-0.3, -0.25) is 0 Å². The number of rotatable bonds is 10. The largest absolute Gasteiger partial charge is 0.492 e. The van der Waals surface area contributed by atoms with Gasteiger partial charge in [-0.25, -0.2) is 14.0 Å². The van der Waals surface area contributed by atoms with E-state index in [0.717, 1.165) is 13.2 Å². The number of hydrogen-bond donors (Lipinski definition) is 3. The van der Waals surface area contributed by atoms with Gasteiger partial charge in [0.05, 0.1) is 20.2 Å². The molecular weight excluding hydrogens is 534 g/mol. The number of amides is 1. The normalized spacial score (nSPS) is 12.5. The van der Waals surface area contributed by atoms with Gasteiger partial charge in [0.15, 0.2) is 11.6 Å². The molecule has 2 unspecified atom stereocenters. The molecule has 13 heteroatoms. The maximum Gasteiger partial charge on any atom is 0.492 e. The SMILES string of the molecule is COC(=O)C(Cc1cc(F)c(OCCOPI)c(B(O)O)c1)NC(=O)OC(C)(C)C. The monoisotopic (exact) mass is 559 g/mol. The number of benzene rings is 1. The fourth-order valence-corrected chi connectivity index (χ4v) is 3.20. The maximum absolute atomic E-state index is 14.6. The molecule has 1 amide bonds. The van der Waals surface area contributed by atoms with Gasteiger partial charge in [0, 0.05) is 11.9 Å². The molecule has 0 aliphatic carbocycles. The summed E-state index contributed by atoms with van der Waals surface area (Å²) in [5.41, 5.74) is -0.798. The Morgan fingerprint density at radius 3 is 2.50 bits per heavy atom. The molecule has 1 aromatic carbocycles. The minimum atomic E-state index is -2.02. The summed E-state index contributed by atoms with van der Waals surface area (Å²) >= 11 is 2.02. The number of alkyl carbamates (subject to hydrolysis) is 1. The van der Waals surface area contributed by atoms with E-state index in [1.54, 1.807) is 20.8 Å². The van der Waals surface area contributed by atoms with Crippen LogP contribution in [0.2, 0.25) is 0 Å². The fourth-order valence-electron chi connectivity index (χ4n) is 2.38. The summed E-state index contributed by atoms with van der Waals surface area (Å²) in [7, 11) is -0.873. The average Bonchev–Trinajstić information content (AvgIpc) is 2.63. The van der Waals surface area contributed by atoms with Crippen molar-refractivity contribution in [3.63, 3.8) is 0 Å². The molecule has 30 heavy (non-hydrogen) atoms. The van der Waals surface area contributed by atoms with Crippen LogP contribution in [-0.2, 0) is 25.2 Å². The Balaban J connectivity index is 3.06. The van der Waals surface area contributed by atoms with E-state index in [1.165, 1.54) is 6.07 Å². The zero-order valence-electron chi connectivity index (χ0n) is 17.0. The van der Waals surface area contributed by atoms with E-state index in [2.05, 4.69) is 10.1 Å². The minimum absolute atomic E-state index is 0.0109. The van der Waals surface area contributed by atoms with E-state index in [9.17, 15) is 24.0 Å². The van der Waals surface area contributed by atoms with Crippen molar-refractivity contribution in [3.05, 3.63) is 23.5 Å². The Bertz CT molecular complexity index is 734. The third-order valence-corrected chi connectivity index (χ3v) is 4.76. The van der Waals surface area contributed by atoms with E-state index in [0.29, 0.717) is 0 Å². The van der Waals surface area contributed by atoms with E-state index in [4.69, 9.17) is 14.0 Å². The smallest absolute Gasteiger partial charge is 0.488 e. The van der Waals surface area contributed by atoms with Gasteiger partial charge in [-0.15, -0.1) is 0 Å². The summed E-state index contributed by atoms with van der Waals surface area (Å²) in [6.45, 7) is 5.41. The number of ether oxygens (including phenoxy) is 3. The lowest BCUT2D eigenvalue weighted by Crippen LogP contribution is -2.45. The van der Waals surface area contributed by atoms with Gasteiger partial charge in [0.2, 0.25) is 0 Å². The minimum Gasteiger partial charge on any atom is -0.488 e. The van der Waals surface area contributed by atoms with Gasteiger partial charge in [-0.2, -0.15) is 0 Å². The number of hydrogen-bond acceptors (Lipinski definition) is 8. The molecular formula is C17H25BFINO8P. The summed E-state index contributed by atoms with van der Waals surface area (Å²) in [6.07, 6.45) is -1.03. The van der Waals surface area contributed by atoms with Crippen molar-refractivity contribution in [2.75, 3.05) is 20.3 Å². The molecule has 0 aromatic heterocycles. The summed E-state index contributed by atoms with van der Waals surface area (Å²) in [5, 5.41) is 21.6. The third-order valence-electron chi connectivity index (χ3n) is 3.51. The second-order valence-corrected chi connectivity index (χ2v) is 8.83. The molecule has 0 aliphatic heterocycles. The Labute approximate surface area is 189 Å². The van der Waals surface area contributed by atoms with Crippen molar-refractivity contribution in [2.24, 2.45) is 0 Å². The number of carbonyl (C=O) groups is 2. The van der Waals surface area contributed by atoms with Crippen molar-refractivity contribution in [1.82, 2.24) is 5.32 Å². The Kier molecular flexibility index (Phi) is 11.3. The van der Waals surface area contributed by atoms with Crippen LogP contribution in [0.4, 0.5) is 9.18 Å². The molecule has 0 heterocycles. The lowest BCUT2D eigenvalue weighted by molar-refractivity contribution is -0.143. The summed E-state index contributed by atoms with van der Waals surface area (Å²) in [6, 6.07) is 1.17. The fraction of sp³-hybridized carbons (Fsp3) is 0.529. The summed E-state index contributed by atoms with van der Waals surface area (Å²) < 4.78 is 34.8. The highest BCUT2D eigenvalue weighted by molar-refractivity contribution is 14.2. The van der Waals surface area contributed by atoms with Gasteiger partial charge in [-0.1, -0.05) is 6.07 Å². The first kappa shape index (κ1) is 26.8. The van der Waals surface area contributed by atoms with Crippen LogP contribution < -0.4 is 15.5 Å². The molecule has 0 bridgehead atoms. The second-order valence-electron chi connectivity index (χ2n) is 7.07. The molecule has 0 fully saturated rings. The number of esters is 1. The van der Waals surface area contributed by atoms with Gasteiger partial charge in [0.1, 0.15) is 18.2 Å². The van der Waals surface area contributed by atoms with Crippen molar-refractivity contribution in [3.8, 4) is 5.75 Å². The lowest BCUT2D eigenvalue weighted by Gasteiger charge is -2.23. The highest BCUT2D eigenvalue weighted by Gasteiger charge is 2.28. The van der Waals surface area contributed by atoms with Crippen LogP contribution in [0.3, 0.4) is 0 Å². The van der Waals surface area contributed by atoms with Crippen LogP contribution in [-0.4, -0.2) is 61.2 Å². The van der Waals surface area contributed by atoms with E-state index < -0.39 is 36.6 Å². The molecule has 3 N–H and O–H groups in total. The van der Waals surface area contributed by atoms with Crippen LogP contribution in [0.15, 0.2) is 12.1 Å². The van der Waals surface area contributed by atoms with E-state index in [-0.39, 0.29) is 42.9 Å². The van der Waals surface area contributed by atoms with Crippen LogP contribution >= 0.6 is 28.5 Å². The standard InChI is InChI=1S/C17H25BFINO8P/c1-17(2,3)29-16(23)21-13(15(22)26-4)9-10-7-11(18(24)25)14(12(19)8-10)27-5-6-28-30-20/h7-8,13,24-25,30H,5-6,9H2,1-4H3,(H,21,23). The van der Waals surface area contributed by atoms with E-state index >= 15 is 0 Å². The third kappa shape index (κ3) is 9.30. The molecule has 168 valence electrons. The van der Waals surface area contributed by atoms with Crippen LogP contribution in [0.5, 0.6) is 5.75 Å². The van der Waals surface area contributed by atoms with Crippen molar-refractivity contribution >= 4 is 53.1 Å².